The monoisotopic (exact) mass is 460 g/mol. The maximum atomic E-state index is 13.5. The molecule has 3 aliphatic heterocycles. The van der Waals surface area contributed by atoms with Crippen molar-refractivity contribution in [3.8, 4) is 11.5 Å². The summed E-state index contributed by atoms with van der Waals surface area (Å²) in [5.41, 5.74) is 1.27. The van der Waals surface area contributed by atoms with Crippen molar-refractivity contribution in [1.29, 1.82) is 0 Å². The third-order valence-electron chi connectivity index (χ3n) is 9.23. The zero-order valence-corrected chi connectivity index (χ0v) is 18.9. The number of amides is 1. The first-order valence-corrected chi connectivity index (χ1v) is 12.1. The molecule has 176 valence electrons. The Morgan fingerprint density at radius 2 is 2.03 bits per heavy atom. The number of aliphatic hydroxyl groups excluding tert-OH is 1. The molecule has 34 heavy (non-hydrogen) atoms. The molecule has 2 aliphatic carbocycles. The summed E-state index contributed by atoms with van der Waals surface area (Å²) in [5.74, 6) is 0.282. The summed E-state index contributed by atoms with van der Waals surface area (Å²) in [6.45, 7) is 5.37. The molecule has 6 atom stereocenters. The Morgan fingerprint density at radius 1 is 1.21 bits per heavy atom. The largest absolute Gasteiger partial charge is 0.504 e. The van der Waals surface area contributed by atoms with Gasteiger partial charge in [0, 0.05) is 29.3 Å². The molecule has 2 aromatic rings. The number of fused-ring (bicyclic) bond motifs is 1. The lowest BCUT2D eigenvalue weighted by Gasteiger charge is -2.64. The van der Waals surface area contributed by atoms with E-state index in [0.717, 1.165) is 17.7 Å². The summed E-state index contributed by atoms with van der Waals surface area (Å²) in [7, 11) is 0. The molecule has 2 fully saturated rings. The number of benzene rings is 2. The van der Waals surface area contributed by atoms with E-state index < -0.39 is 29.4 Å². The molecule has 1 amide bonds. The first-order valence-electron chi connectivity index (χ1n) is 12.1. The van der Waals surface area contributed by atoms with Crippen LogP contribution >= 0.6 is 0 Å². The summed E-state index contributed by atoms with van der Waals surface area (Å²) in [6.07, 6.45) is 2.56. The second-order valence-electron chi connectivity index (χ2n) is 10.4. The van der Waals surface area contributed by atoms with Gasteiger partial charge < -0.3 is 25.0 Å². The number of piperidine rings is 1. The Kier molecular flexibility index (Phi) is 3.99. The number of hydrogen-bond donors (Lipinski definition) is 3. The number of aromatic hydroxyl groups is 1. The Morgan fingerprint density at radius 3 is 2.82 bits per heavy atom. The molecule has 2 bridgehead atoms. The molecule has 5 aliphatic rings. The second kappa shape index (κ2) is 6.62. The van der Waals surface area contributed by atoms with Gasteiger partial charge in [0.25, 0.3) is 5.91 Å². The second-order valence-corrected chi connectivity index (χ2v) is 10.4. The van der Waals surface area contributed by atoms with Crippen LogP contribution in [-0.4, -0.2) is 67.9 Å². The molecule has 1 spiro atoms. The lowest BCUT2D eigenvalue weighted by Crippen LogP contribution is -2.78. The average Bonchev–Trinajstić information content (AvgIpc) is 3.31. The number of phenols is 1. The van der Waals surface area contributed by atoms with E-state index in [4.69, 9.17) is 4.74 Å². The number of aliphatic hydroxyl groups is 2. The van der Waals surface area contributed by atoms with Crippen LogP contribution in [0.25, 0.3) is 0 Å². The number of carbonyl (C=O) groups excluding carboxylic acids is 1. The number of phenolic OH excluding ortho intramolecular Hbond substituents is 1. The minimum atomic E-state index is -1.07. The minimum Gasteiger partial charge on any atom is -0.504 e. The normalized spacial score (nSPS) is 37.2. The smallest absolute Gasteiger partial charge is 0.256 e. The van der Waals surface area contributed by atoms with Gasteiger partial charge in [-0.1, -0.05) is 30.3 Å². The van der Waals surface area contributed by atoms with Crippen molar-refractivity contribution in [2.24, 2.45) is 0 Å². The molecule has 0 radical (unpaired) electrons. The summed E-state index contributed by atoms with van der Waals surface area (Å²) in [5, 5.41) is 34.4. The van der Waals surface area contributed by atoms with Crippen LogP contribution in [0.15, 0.2) is 49.1 Å². The van der Waals surface area contributed by atoms with Crippen molar-refractivity contribution in [1.82, 2.24) is 9.80 Å². The maximum Gasteiger partial charge on any atom is 0.256 e. The molecule has 7 rings (SSSR count). The third-order valence-corrected chi connectivity index (χ3v) is 9.23. The zero-order chi connectivity index (χ0) is 23.4. The molecular weight excluding hydrogens is 432 g/mol. The van der Waals surface area contributed by atoms with E-state index in [9.17, 15) is 20.1 Å². The first kappa shape index (κ1) is 20.5. The van der Waals surface area contributed by atoms with Crippen LogP contribution < -0.4 is 4.74 Å². The van der Waals surface area contributed by atoms with E-state index >= 15 is 0 Å². The first-order chi connectivity index (χ1) is 16.4. The van der Waals surface area contributed by atoms with Gasteiger partial charge in [-0.25, -0.2) is 0 Å². The quantitative estimate of drug-likeness (QED) is 0.609. The van der Waals surface area contributed by atoms with Crippen molar-refractivity contribution in [2.45, 2.75) is 61.1 Å². The molecule has 1 saturated heterocycles. The van der Waals surface area contributed by atoms with Gasteiger partial charge in [-0.05, 0) is 49.9 Å². The fourth-order valence-corrected chi connectivity index (χ4v) is 7.92. The van der Waals surface area contributed by atoms with Gasteiger partial charge >= 0.3 is 0 Å². The minimum absolute atomic E-state index is 0.0622. The third kappa shape index (κ3) is 2.17. The van der Waals surface area contributed by atoms with Crippen molar-refractivity contribution in [3.05, 3.63) is 71.3 Å². The van der Waals surface area contributed by atoms with E-state index in [0.29, 0.717) is 49.1 Å². The summed E-state index contributed by atoms with van der Waals surface area (Å²) < 4.78 is 6.54. The maximum absolute atomic E-state index is 13.5. The van der Waals surface area contributed by atoms with E-state index in [1.54, 1.807) is 29.2 Å². The fraction of sp³-hybridized carbons (Fsp3) is 0.444. The molecule has 1 unspecified atom stereocenters. The van der Waals surface area contributed by atoms with Crippen LogP contribution in [-0.2, 0) is 11.8 Å². The van der Waals surface area contributed by atoms with Crippen LogP contribution in [0, 0.1) is 0 Å². The highest BCUT2D eigenvalue weighted by molar-refractivity contribution is 5.99. The lowest BCUT2D eigenvalue weighted by molar-refractivity contribution is -0.202. The number of hydrogen-bond acceptors (Lipinski definition) is 6. The molecule has 3 N–H and O–H groups in total. The van der Waals surface area contributed by atoms with Crippen molar-refractivity contribution < 1.29 is 24.9 Å². The van der Waals surface area contributed by atoms with Gasteiger partial charge in [-0.15, -0.1) is 6.58 Å². The standard InChI is InChI=1S/C27H28N2O5/c1-2-12-28-13-11-26-21-15-7-8-19(30)22(21)34-23(26)18(9-10-27(26,33)20(28)14-15)29-24(31)16-5-3-4-6-17(16)25(29)32/h2-8,18,20,23-24,30-31,33H,1,9-14H2/t18-,20+,23-,24?,26-,27+/m0/s1. The highest BCUT2D eigenvalue weighted by atomic mass is 16.5. The summed E-state index contributed by atoms with van der Waals surface area (Å²) >= 11 is 0. The molecule has 0 aromatic heterocycles. The van der Waals surface area contributed by atoms with Gasteiger partial charge in [-0.3, -0.25) is 9.69 Å². The van der Waals surface area contributed by atoms with Gasteiger partial charge in [0.2, 0.25) is 0 Å². The van der Waals surface area contributed by atoms with Crippen molar-refractivity contribution in [3.63, 3.8) is 0 Å². The Bertz CT molecular complexity index is 1250. The number of carbonyl (C=O) groups is 1. The number of ether oxygens (including phenoxy) is 1. The highest BCUT2D eigenvalue weighted by Crippen LogP contribution is 2.66. The Balaban J connectivity index is 1.40. The van der Waals surface area contributed by atoms with Crippen LogP contribution in [0.3, 0.4) is 0 Å². The van der Waals surface area contributed by atoms with E-state index in [2.05, 4.69) is 11.5 Å². The molecule has 2 aromatic carbocycles. The molecular formula is C27H28N2O5. The van der Waals surface area contributed by atoms with Gasteiger partial charge in [0.1, 0.15) is 6.10 Å². The molecule has 7 nitrogen and oxygen atoms in total. The Hall–Kier alpha value is -2.87. The van der Waals surface area contributed by atoms with Gasteiger partial charge in [0.15, 0.2) is 17.7 Å². The lowest BCUT2D eigenvalue weighted by atomic mass is 9.48. The van der Waals surface area contributed by atoms with Gasteiger partial charge in [0.05, 0.1) is 17.1 Å². The fourth-order valence-electron chi connectivity index (χ4n) is 7.92. The summed E-state index contributed by atoms with van der Waals surface area (Å²) in [4.78, 5) is 17.3. The highest BCUT2D eigenvalue weighted by Gasteiger charge is 2.74. The van der Waals surface area contributed by atoms with Crippen molar-refractivity contribution >= 4 is 5.91 Å². The molecule has 1 saturated carbocycles. The van der Waals surface area contributed by atoms with E-state index in [1.807, 2.05) is 18.2 Å². The predicted octanol–water partition coefficient (Wildman–Crippen LogP) is 2.25. The van der Waals surface area contributed by atoms with E-state index in [-0.39, 0.29) is 17.7 Å². The average molecular weight is 461 g/mol. The number of likely N-dealkylation sites (tertiary alicyclic amines) is 1. The summed E-state index contributed by atoms with van der Waals surface area (Å²) in [6, 6.07) is 10.2. The van der Waals surface area contributed by atoms with Crippen LogP contribution in [0.1, 0.15) is 52.5 Å². The Labute approximate surface area is 197 Å². The SMILES string of the molecule is C=CCN1CC[C@]23c4c5ccc(O)c4O[C@H]2[C@@H](N2C(=O)c4ccccc4C2O)CC[C@@]3(O)[C@H]1C5. The number of rotatable bonds is 3. The molecule has 7 heteroatoms. The molecule has 3 heterocycles. The van der Waals surface area contributed by atoms with Gasteiger partial charge in [-0.2, -0.15) is 0 Å². The van der Waals surface area contributed by atoms with Crippen LogP contribution in [0.4, 0.5) is 0 Å². The zero-order valence-electron chi connectivity index (χ0n) is 18.9. The topological polar surface area (TPSA) is 93.5 Å². The number of nitrogens with zero attached hydrogens (tertiary/aromatic N) is 2. The van der Waals surface area contributed by atoms with Crippen molar-refractivity contribution in [2.75, 3.05) is 13.1 Å². The van der Waals surface area contributed by atoms with Crippen LogP contribution in [0.2, 0.25) is 0 Å². The van der Waals surface area contributed by atoms with E-state index in [1.165, 1.54) is 0 Å². The predicted molar refractivity (Wildman–Crippen MR) is 124 cm³/mol. The van der Waals surface area contributed by atoms with Crippen LogP contribution in [0.5, 0.6) is 11.5 Å².